The average molecular weight is 250 g/mol. The second-order valence-electron chi connectivity index (χ2n) is 4.91. The van der Waals surface area contributed by atoms with Gasteiger partial charge in [-0.2, -0.15) is 0 Å². The molecule has 0 spiro atoms. The van der Waals surface area contributed by atoms with Gasteiger partial charge in [0.25, 0.3) is 0 Å². The molecule has 1 aromatic heterocycles. The van der Waals surface area contributed by atoms with Crippen molar-refractivity contribution in [2.24, 2.45) is 11.7 Å². The van der Waals surface area contributed by atoms with Gasteiger partial charge in [-0.25, -0.2) is 9.97 Å². The molecule has 1 aliphatic rings. The van der Waals surface area contributed by atoms with E-state index in [1.165, 1.54) is 12.8 Å². The molecule has 0 aliphatic carbocycles. The summed E-state index contributed by atoms with van der Waals surface area (Å²) in [5, 5.41) is 0. The summed E-state index contributed by atoms with van der Waals surface area (Å²) >= 11 is 0. The summed E-state index contributed by atoms with van der Waals surface area (Å²) in [6.45, 7) is 3.35. The van der Waals surface area contributed by atoms with Gasteiger partial charge in [0, 0.05) is 25.9 Å². The van der Waals surface area contributed by atoms with Gasteiger partial charge in [-0.15, -0.1) is 0 Å². The third-order valence-electron chi connectivity index (χ3n) is 3.50. The van der Waals surface area contributed by atoms with Gasteiger partial charge in [0.1, 0.15) is 6.33 Å². The van der Waals surface area contributed by atoms with Crippen LogP contribution in [0.1, 0.15) is 24.6 Å². The summed E-state index contributed by atoms with van der Waals surface area (Å²) in [5.41, 5.74) is 6.87. The predicted octanol–water partition coefficient (Wildman–Crippen LogP) is 0.835. The van der Waals surface area contributed by atoms with Crippen molar-refractivity contribution in [3.8, 4) is 0 Å². The minimum absolute atomic E-state index is 0.162. The van der Waals surface area contributed by atoms with Crippen LogP contribution in [-0.4, -0.2) is 48.2 Å². The first-order chi connectivity index (χ1) is 8.81. The fourth-order valence-electron chi connectivity index (χ4n) is 2.51. The number of hydrogen-bond donors (Lipinski definition) is 1. The van der Waals surface area contributed by atoms with E-state index in [1.54, 1.807) is 12.5 Å². The fourth-order valence-corrected chi connectivity index (χ4v) is 2.51. The van der Waals surface area contributed by atoms with E-state index in [0.717, 1.165) is 25.5 Å². The maximum Gasteiger partial charge on any atom is 0.115 e. The minimum atomic E-state index is 0.162. The normalized spacial score (nSPS) is 22.1. The van der Waals surface area contributed by atoms with Crippen molar-refractivity contribution in [1.29, 1.82) is 0 Å². The number of likely N-dealkylation sites (N-methyl/N-ethyl adjacent to an activating group) is 1. The van der Waals surface area contributed by atoms with Gasteiger partial charge < -0.3 is 10.5 Å². The van der Waals surface area contributed by atoms with Crippen LogP contribution in [0.2, 0.25) is 0 Å². The highest BCUT2D eigenvalue weighted by Gasteiger charge is 2.21. The first-order valence-electron chi connectivity index (χ1n) is 6.55. The van der Waals surface area contributed by atoms with Crippen molar-refractivity contribution < 1.29 is 4.74 Å². The largest absolute Gasteiger partial charge is 0.381 e. The third kappa shape index (κ3) is 3.48. The summed E-state index contributed by atoms with van der Waals surface area (Å²) < 4.78 is 5.52. The van der Waals surface area contributed by atoms with Crippen LogP contribution < -0.4 is 5.73 Å². The Morgan fingerprint density at radius 2 is 2.50 bits per heavy atom. The van der Waals surface area contributed by atoms with Crippen molar-refractivity contribution in [2.75, 3.05) is 33.4 Å². The van der Waals surface area contributed by atoms with Crippen molar-refractivity contribution in [1.82, 2.24) is 14.9 Å². The zero-order valence-electron chi connectivity index (χ0n) is 11.0. The molecule has 2 atom stereocenters. The lowest BCUT2D eigenvalue weighted by Crippen LogP contribution is -2.37. The number of nitrogens with zero attached hydrogens (tertiary/aromatic N) is 3. The molecule has 0 saturated carbocycles. The third-order valence-corrected chi connectivity index (χ3v) is 3.50. The molecule has 1 aromatic rings. The van der Waals surface area contributed by atoms with Crippen LogP contribution in [0, 0.1) is 5.92 Å². The van der Waals surface area contributed by atoms with Gasteiger partial charge >= 0.3 is 0 Å². The van der Waals surface area contributed by atoms with Gasteiger partial charge in [-0.05, 0) is 31.9 Å². The second kappa shape index (κ2) is 6.78. The van der Waals surface area contributed by atoms with E-state index in [2.05, 4.69) is 21.9 Å². The number of hydrogen-bond acceptors (Lipinski definition) is 5. The van der Waals surface area contributed by atoms with Crippen LogP contribution in [0.4, 0.5) is 0 Å². The summed E-state index contributed by atoms with van der Waals surface area (Å²) in [4.78, 5) is 10.5. The van der Waals surface area contributed by atoms with Crippen LogP contribution >= 0.6 is 0 Å². The van der Waals surface area contributed by atoms with Gasteiger partial charge in [0.15, 0.2) is 0 Å². The van der Waals surface area contributed by atoms with Crippen LogP contribution in [0.25, 0.3) is 0 Å². The fraction of sp³-hybridized carbons (Fsp3) is 0.692. The molecular formula is C13H22N4O. The van der Waals surface area contributed by atoms with Gasteiger partial charge in [0.2, 0.25) is 0 Å². The number of aromatic nitrogens is 2. The number of nitrogens with two attached hydrogens (primary N) is 1. The summed E-state index contributed by atoms with van der Waals surface area (Å²) in [5.74, 6) is 0.611. The van der Waals surface area contributed by atoms with E-state index in [0.29, 0.717) is 12.5 Å². The van der Waals surface area contributed by atoms with Crippen molar-refractivity contribution in [2.45, 2.75) is 18.9 Å². The lowest BCUT2D eigenvalue weighted by molar-refractivity contribution is 0.0362. The highest BCUT2D eigenvalue weighted by atomic mass is 16.5. The minimum Gasteiger partial charge on any atom is -0.381 e. The van der Waals surface area contributed by atoms with E-state index in [-0.39, 0.29) is 6.04 Å². The first kappa shape index (κ1) is 13.4. The van der Waals surface area contributed by atoms with Crippen molar-refractivity contribution >= 4 is 0 Å². The second-order valence-corrected chi connectivity index (χ2v) is 4.91. The molecule has 1 aliphatic heterocycles. The highest BCUT2D eigenvalue weighted by molar-refractivity contribution is 5.05. The zero-order chi connectivity index (χ0) is 12.8. The average Bonchev–Trinajstić information content (AvgIpc) is 2.42. The molecule has 0 aromatic carbocycles. The molecule has 0 radical (unpaired) electrons. The predicted molar refractivity (Wildman–Crippen MR) is 70.0 cm³/mol. The van der Waals surface area contributed by atoms with Gasteiger partial charge in [-0.1, -0.05) is 0 Å². The molecule has 2 rings (SSSR count). The van der Waals surface area contributed by atoms with Crippen molar-refractivity contribution in [3.05, 3.63) is 24.3 Å². The molecule has 100 valence electrons. The zero-order valence-corrected chi connectivity index (χ0v) is 11.0. The van der Waals surface area contributed by atoms with E-state index >= 15 is 0 Å². The Hall–Kier alpha value is -1.04. The van der Waals surface area contributed by atoms with E-state index in [9.17, 15) is 0 Å². The Morgan fingerprint density at radius 1 is 1.61 bits per heavy atom. The highest BCUT2D eigenvalue weighted by Crippen LogP contribution is 2.20. The monoisotopic (exact) mass is 250 g/mol. The van der Waals surface area contributed by atoms with E-state index < -0.39 is 0 Å². The van der Waals surface area contributed by atoms with Crippen LogP contribution in [0.15, 0.2) is 18.6 Å². The topological polar surface area (TPSA) is 64.3 Å². The first-order valence-corrected chi connectivity index (χ1v) is 6.55. The standard InChI is InChI=1S/C13H22N4O/c1-17(8-11-3-2-6-18-9-11)13(7-14)12-4-5-15-10-16-12/h4-5,10-11,13H,2-3,6-9,14H2,1H3. The quantitative estimate of drug-likeness (QED) is 0.838. The smallest absolute Gasteiger partial charge is 0.115 e. The molecule has 2 heterocycles. The van der Waals surface area contributed by atoms with E-state index in [4.69, 9.17) is 10.5 Å². The molecule has 5 heteroatoms. The molecule has 18 heavy (non-hydrogen) atoms. The maximum atomic E-state index is 5.88. The molecule has 0 bridgehead atoms. The Morgan fingerprint density at radius 3 is 3.11 bits per heavy atom. The molecule has 2 N–H and O–H groups in total. The Kier molecular flexibility index (Phi) is 5.04. The SMILES string of the molecule is CN(CC1CCCOC1)C(CN)c1ccncn1. The summed E-state index contributed by atoms with van der Waals surface area (Å²) in [7, 11) is 2.11. The maximum absolute atomic E-state index is 5.88. The Bertz CT molecular complexity index is 340. The van der Waals surface area contributed by atoms with Crippen LogP contribution in [0.5, 0.6) is 0 Å². The molecule has 1 fully saturated rings. The van der Waals surface area contributed by atoms with Crippen molar-refractivity contribution in [3.63, 3.8) is 0 Å². The Balaban J connectivity index is 1.94. The molecule has 2 unspecified atom stereocenters. The molecule has 5 nitrogen and oxygen atoms in total. The number of ether oxygens (including phenoxy) is 1. The lowest BCUT2D eigenvalue weighted by atomic mass is 10.0. The summed E-state index contributed by atoms with van der Waals surface area (Å²) in [6, 6.07) is 2.10. The van der Waals surface area contributed by atoms with Crippen LogP contribution in [0.3, 0.4) is 0 Å². The summed E-state index contributed by atoms with van der Waals surface area (Å²) in [6.07, 6.45) is 5.75. The molecular weight excluding hydrogens is 228 g/mol. The van der Waals surface area contributed by atoms with Crippen LogP contribution in [-0.2, 0) is 4.74 Å². The van der Waals surface area contributed by atoms with Gasteiger partial charge in [0.05, 0.1) is 18.3 Å². The molecule has 0 amide bonds. The van der Waals surface area contributed by atoms with Gasteiger partial charge in [-0.3, -0.25) is 4.90 Å². The van der Waals surface area contributed by atoms with E-state index in [1.807, 2.05) is 6.07 Å². The molecule has 1 saturated heterocycles. The number of rotatable bonds is 5. The Labute approximate surface area is 108 Å². The lowest BCUT2D eigenvalue weighted by Gasteiger charge is -2.31.